The number of thioether (sulfide) groups is 1. The highest BCUT2D eigenvalue weighted by Gasteiger charge is 2.34. The molecule has 1 atom stereocenters. The summed E-state index contributed by atoms with van der Waals surface area (Å²) in [4.78, 5) is 49.4. The van der Waals surface area contributed by atoms with Crippen molar-refractivity contribution in [3.8, 4) is 0 Å². The molecule has 1 aromatic rings. The fourth-order valence-corrected chi connectivity index (χ4v) is 3.20. The van der Waals surface area contributed by atoms with Crippen LogP contribution in [0.25, 0.3) is 0 Å². The van der Waals surface area contributed by atoms with Crippen LogP contribution in [0, 0.1) is 0 Å². The second-order valence-corrected chi connectivity index (χ2v) is 6.82. The standard InChI is InChI=1S/C18H22N2O5S/c1-25-18(24)14(9-11-26-2)19-15(21)8-5-10-20-16(22)12-6-3-4-7-13(12)17(20)23/h3-4,6-7,14H,5,8-11H2,1-2H3,(H,19,21)/t14-/m0/s1. The monoisotopic (exact) mass is 378 g/mol. The van der Waals surface area contributed by atoms with Crippen molar-refractivity contribution in [2.45, 2.75) is 25.3 Å². The normalized spacial score (nSPS) is 14.2. The first-order valence-corrected chi connectivity index (χ1v) is 9.70. The molecule has 1 aliphatic rings. The van der Waals surface area contributed by atoms with Crippen molar-refractivity contribution < 1.29 is 23.9 Å². The van der Waals surface area contributed by atoms with E-state index in [4.69, 9.17) is 4.74 Å². The van der Waals surface area contributed by atoms with Crippen LogP contribution in [0.2, 0.25) is 0 Å². The predicted octanol–water partition coefficient (Wildman–Crippen LogP) is 1.47. The summed E-state index contributed by atoms with van der Waals surface area (Å²) in [5.74, 6) is -0.738. The number of rotatable bonds is 9. The van der Waals surface area contributed by atoms with Crippen LogP contribution < -0.4 is 5.32 Å². The Morgan fingerprint density at radius 1 is 1.19 bits per heavy atom. The minimum Gasteiger partial charge on any atom is -0.467 e. The molecular weight excluding hydrogens is 356 g/mol. The van der Waals surface area contributed by atoms with Crippen LogP contribution in [0.1, 0.15) is 40.0 Å². The topological polar surface area (TPSA) is 92.8 Å². The number of fused-ring (bicyclic) bond motifs is 1. The van der Waals surface area contributed by atoms with Gasteiger partial charge in [-0.05, 0) is 37.0 Å². The van der Waals surface area contributed by atoms with Crippen LogP contribution in [-0.4, -0.2) is 60.3 Å². The Morgan fingerprint density at radius 2 is 1.81 bits per heavy atom. The van der Waals surface area contributed by atoms with Crippen LogP contribution in [0.3, 0.4) is 0 Å². The van der Waals surface area contributed by atoms with E-state index in [-0.39, 0.29) is 30.7 Å². The van der Waals surface area contributed by atoms with Crippen LogP contribution in [0.4, 0.5) is 0 Å². The maximum Gasteiger partial charge on any atom is 0.328 e. The number of amides is 3. The van der Waals surface area contributed by atoms with Crippen molar-refractivity contribution >= 4 is 35.5 Å². The Hall–Kier alpha value is -2.35. The lowest BCUT2D eigenvalue weighted by Crippen LogP contribution is -2.42. The Kier molecular flexibility index (Phi) is 7.20. The lowest BCUT2D eigenvalue weighted by Gasteiger charge is -2.17. The molecule has 3 amide bonds. The first-order chi connectivity index (χ1) is 12.5. The van der Waals surface area contributed by atoms with E-state index in [9.17, 15) is 19.2 Å². The number of hydrogen-bond acceptors (Lipinski definition) is 6. The van der Waals surface area contributed by atoms with Gasteiger partial charge in [0.15, 0.2) is 0 Å². The average Bonchev–Trinajstić information content (AvgIpc) is 2.89. The second-order valence-electron chi connectivity index (χ2n) is 5.84. The predicted molar refractivity (Wildman–Crippen MR) is 98.0 cm³/mol. The Labute approximate surface area is 156 Å². The third kappa shape index (κ3) is 4.63. The lowest BCUT2D eigenvalue weighted by atomic mass is 10.1. The lowest BCUT2D eigenvalue weighted by molar-refractivity contribution is -0.145. The van der Waals surface area contributed by atoms with Crippen molar-refractivity contribution in [3.05, 3.63) is 35.4 Å². The number of methoxy groups -OCH3 is 1. The van der Waals surface area contributed by atoms with Crippen molar-refractivity contribution in [3.63, 3.8) is 0 Å². The van der Waals surface area contributed by atoms with E-state index in [2.05, 4.69) is 5.32 Å². The van der Waals surface area contributed by atoms with Gasteiger partial charge in [0.25, 0.3) is 11.8 Å². The van der Waals surface area contributed by atoms with Crippen molar-refractivity contribution in [1.29, 1.82) is 0 Å². The average molecular weight is 378 g/mol. The molecule has 0 saturated carbocycles. The summed E-state index contributed by atoms with van der Waals surface area (Å²) in [7, 11) is 1.28. The minimum absolute atomic E-state index is 0.111. The summed E-state index contributed by atoms with van der Waals surface area (Å²) in [6.07, 6.45) is 2.84. The first-order valence-electron chi connectivity index (χ1n) is 8.31. The number of carbonyl (C=O) groups is 4. The molecule has 26 heavy (non-hydrogen) atoms. The van der Waals surface area contributed by atoms with Crippen LogP contribution in [0.15, 0.2) is 24.3 Å². The summed E-state index contributed by atoms with van der Waals surface area (Å²) in [6, 6.07) is 5.98. The zero-order chi connectivity index (χ0) is 19.1. The van der Waals surface area contributed by atoms with E-state index < -0.39 is 12.0 Å². The zero-order valence-corrected chi connectivity index (χ0v) is 15.6. The Bertz CT molecular complexity index is 672. The molecule has 1 heterocycles. The minimum atomic E-state index is -0.681. The van der Waals surface area contributed by atoms with Gasteiger partial charge in [-0.25, -0.2) is 4.79 Å². The van der Waals surface area contributed by atoms with E-state index in [1.165, 1.54) is 7.11 Å². The number of ether oxygens (including phenoxy) is 1. The van der Waals surface area contributed by atoms with Crippen LogP contribution >= 0.6 is 11.8 Å². The van der Waals surface area contributed by atoms with E-state index in [1.54, 1.807) is 36.0 Å². The molecule has 1 aliphatic heterocycles. The van der Waals surface area contributed by atoms with E-state index in [1.807, 2.05) is 6.26 Å². The summed E-state index contributed by atoms with van der Waals surface area (Å²) < 4.78 is 4.70. The first kappa shape index (κ1) is 20.0. The van der Waals surface area contributed by atoms with Gasteiger partial charge in [0.2, 0.25) is 5.91 Å². The van der Waals surface area contributed by atoms with E-state index in [0.29, 0.717) is 24.0 Å². The van der Waals surface area contributed by atoms with Gasteiger partial charge in [-0.1, -0.05) is 12.1 Å². The summed E-state index contributed by atoms with van der Waals surface area (Å²) in [6.45, 7) is 0.160. The number of carbonyl (C=O) groups excluding carboxylic acids is 4. The number of imide groups is 1. The number of nitrogens with zero attached hydrogens (tertiary/aromatic N) is 1. The fraction of sp³-hybridized carbons (Fsp3) is 0.444. The molecule has 0 saturated heterocycles. The van der Waals surface area contributed by atoms with Gasteiger partial charge >= 0.3 is 5.97 Å². The molecule has 0 unspecified atom stereocenters. The molecule has 0 radical (unpaired) electrons. The number of nitrogens with one attached hydrogen (secondary N) is 1. The molecule has 2 rings (SSSR count). The SMILES string of the molecule is COC(=O)[C@H](CCSC)NC(=O)CCCN1C(=O)c2ccccc2C1=O. The van der Waals surface area contributed by atoms with Crippen LogP contribution in [0.5, 0.6) is 0 Å². The van der Waals surface area contributed by atoms with Crippen molar-refractivity contribution in [2.75, 3.05) is 25.7 Å². The Morgan fingerprint density at radius 3 is 2.35 bits per heavy atom. The highest BCUT2D eigenvalue weighted by atomic mass is 32.2. The highest BCUT2D eigenvalue weighted by molar-refractivity contribution is 7.98. The van der Waals surface area contributed by atoms with Gasteiger partial charge in [-0.3, -0.25) is 19.3 Å². The van der Waals surface area contributed by atoms with Gasteiger partial charge in [-0.15, -0.1) is 0 Å². The molecule has 0 spiro atoms. The summed E-state index contributed by atoms with van der Waals surface area (Å²) in [5, 5.41) is 2.65. The van der Waals surface area contributed by atoms with Gasteiger partial charge in [0, 0.05) is 13.0 Å². The third-order valence-electron chi connectivity index (χ3n) is 4.10. The molecule has 1 aromatic carbocycles. The molecule has 0 fully saturated rings. The van der Waals surface area contributed by atoms with Crippen molar-refractivity contribution in [2.24, 2.45) is 0 Å². The second kappa shape index (κ2) is 9.38. The summed E-state index contributed by atoms with van der Waals surface area (Å²) >= 11 is 1.57. The molecule has 0 aromatic heterocycles. The molecule has 1 N–H and O–H groups in total. The highest BCUT2D eigenvalue weighted by Crippen LogP contribution is 2.22. The fourth-order valence-electron chi connectivity index (χ4n) is 2.73. The van der Waals surface area contributed by atoms with Gasteiger partial charge in [0.1, 0.15) is 6.04 Å². The maximum absolute atomic E-state index is 12.2. The molecular formula is C18H22N2O5S. The molecule has 0 aliphatic carbocycles. The third-order valence-corrected chi connectivity index (χ3v) is 4.74. The molecule has 140 valence electrons. The molecule has 7 nitrogen and oxygen atoms in total. The zero-order valence-electron chi connectivity index (χ0n) is 14.8. The van der Waals surface area contributed by atoms with Gasteiger partial charge in [0.05, 0.1) is 18.2 Å². The number of hydrogen-bond donors (Lipinski definition) is 1. The van der Waals surface area contributed by atoms with Gasteiger partial charge in [-0.2, -0.15) is 11.8 Å². The van der Waals surface area contributed by atoms with E-state index in [0.717, 1.165) is 10.7 Å². The molecule has 0 bridgehead atoms. The Balaban J connectivity index is 1.84. The molecule has 8 heteroatoms. The largest absolute Gasteiger partial charge is 0.467 e. The van der Waals surface area contributed by atoms with Gasteiger partial charge < -0.3 is 10.1 Å². The van der Waals surface area contributed by atoms with Crippen LogP contribution in [-0.2, 0) is 14.3 Å². The number of benzene rings is 1. The summed E-state index contributed by atoms with van der Waals surface area (Å²) in [5.41, 5.74) is 0.787. The smallest absolute Gasteiger partial charge is 0.328 e. The maximum atomic E-state index is 12.2. The van der Waals surface area contributed by atoms with Crippen molar-refractivity contribution in [1.82, 2.24) is 10.2 Å². The van der Waals surface area contributed by atoms with E-state index >= 15 is 0 Å². The number of esters is 1. The quantitative estimate of drug-likeness (QED) is 0.517.